The van der Waals surface area contributed by atoms with E-state index in [1.165, 1.54) is 60.8 Å². The maximum atomic E-state index is 14.3. The van der Waals surface area contributed by atoms with Crippen LogP contribution < -0.4 is 11.2 Å². The van der Waals surface area contributed by atoms with Gasteiger partial charge in [0.25, 0.3) is 5.56 Å². The zero-order valence-electron chi connectivity index (χ0n) is 20.0. The molecule has 0 aliphatic carbocycles. The molecule has 0 unspecified atom stereocenters. The van der Waals surface area contributed by atoms with Crippen LogP contribution in [0, 0.1) is 6.92 Å². The average molecular weight is 487 g/mol. The molecule has 0 aromatic carbocycles. The van der Waals surface area contributed by atoms with E-state index in [1.54, 1.807) is 6.92 Å². The molecular weight excluding hydrogens is 447 g/mol. The third-order valence-electron chi connectivity index (χ3n) is 5.90. The first kappa shape index (κ1) is 27.6. The Morgan fingerprint density at radius 1 is 1.15 bits per heavy atom. The van der Waals surface area contributed by atoms with Crippen molar-refractivity contribution in [1.82, 2.24) is 9.55 Å². The van der Waals surface area contributed by atoms with Crippen molar-refractivity contribution in [3.8, 4) is 0 Å². The number of ether oxygens (including phenoxy) is 2. The molecule has 1 fully saturated rings. The molecule has 9 heteroatoms. The van der Waals surface area contributed by atoms with Crippen molar-refractivity contribution in [3.05, 3.63) is 32.6 Å². The van der Waals surface area contributed by atoms with Gasteiger partial charge in [-0.1, -0.05) is 51.9 Å². The van der Waals surface area contributed by atoms with Crippen LogP contribution in [0.4, 0.5) is 4.39 Å². The van der Waals surface area contributed by atoms with Gasteiger partial charge in [-0.05, 0) is 31.3 Å². The fourth-order valence-electron chi connectivity index (χ4n) is 3.91. The Bertz CT molecular complexity index is 828. The number of aromatic nitrogens is 2. The van der Waals surface area contributed by atoms with Crippen molar-refractivity contribution in [3.63, 3.8) is 0 Å². The number of carbonyl (C=O) groups excluding carboxylic acids is 1. The molecule has 2 heterocycles. The summed E-state index contributed by atoms with van der Waals surface area (Å²) >= 11 is 2.01. The van der Waals surface area contributed by atoms with Crippen LogP contribution in [0.15, 0.2) is 15.8 Å². The van der Waals surface area contributed by atoms with E-state index < -0.39 is 29.8 Å². The second-order valence-electron chi connectivity index (χ2n) is 8.67. The highest BCUT2D eigenvalue weighted by Crippen LogP contribution is 2.30. The Morgan fingerprint density at radius 2 is 1.79 bits per heavy atom. The lowest BCUT2D eigenvalue weighted by Gasteiger charge is -2.16. The van der Waals surface area contributed by atoms with Gasteiger partial charge in [0.1, 0.15) is 25.1 Å². The van der Waals surface area contributed by atoms with E-state index in [0.717, 1.165) is 19.3 Å². The van der Waals surface area contributed by atoms with Crippen molar-refractivity contribution in [2.75, 3.05) is 18.1 Å². The number of carbonyl (C=O) groups is 1. The van der Waals surface area contributed by atoms with Crippen molar-refractivity contribution < 1.29 is 18.7 Å². The Labute approximate surface area is 199 Å². The number of alkyl halides is 1. The number of nitrogens with one attached hydrogen (secondary N) is 1. The highest BCUT2D eigenvalue weighted by atomic mass is 32.2. The molecule has 0 spiro atoms. The summed E-state index contributed by atoms with van der Waals surface area (Å²) in [7, 11) is 0. The summed E-state index contributed by atoms with van der Waals surface area (Å²) in [4.78, 5) is 37.6. The van der Waals surface area contributed by atoms with E-state index in [1.807, 2.05) is 11.8 Å². The smallest absolute Gasteiger partial charge is 0.330 e. The Morgan fingerprint density at radius 3 is 2.45 bits per heavy atom. The monoisotopic (exact) mass is 486 g/mol. The van der Waals surface area contributed by atoms with E-state index in [-0.39, 0.29) is 19.0 Å². The Balaban J connectivity index is 1.54. The Kier molecular flexibility index (Phi) is 12.8. The molecule has 1 aliphatic heterocycles. The molecule has 1 aromatic rings. The fraction of sp³-hybridized carbons (Fsp3) is 0.792. The number of aromatic amines is 1. The van der Waals surface area contributed by atoms with Crippen molar-refractivity contribution in [1.29, 1.82) is 0 Å². The second-order valence-corrected chi connectivity index (χ2v) is 10.1. The highest BCUT2D eigenvalue weighted by molar-refractivity contribution is 7.99. The van der Waals surface area contributed by atoms with Crippen LogP contribution in [0.25, 0.3) is 0 Å². The van der Waals surface area contributed by atoms with Gasteiger partial charge in [-0.3, -0.25) is 19.1 Å². The number of thioether (sulfide) groups is 1. The summed E-state index contributed by atoms with van der Waals surface area (Å²) in [6, 6.07) is 0. The first-order valence-electron chi connectivity index (χ1n) is 12.3. The molecule has 0 radical (unpaired) electrons. The maximum absolute atomic E-state index is 14.3. The molecule has 33 heavy (non-hydrogen) atoms. The van der Waals surface area contributed by atoms with Crippen LogP contribution in [0.2, 0.25) is 0 Å². The van der Waals surface area contributed by atoms with E-state index in [0.29, 0.717) is 12.0 Å². The van der Waals surface area contributed by atoms with E-state index >= 15 is 0 Å². The SMILES string of the molecule is CCSCCCCCCCCCCCC(=O)OC[C@H]1O[C@@H](n2cc(C)c(=O)[nH]c2=O)C[C@@H]1F. The van der Waals surface area contributed by atoms with Crippen molar-refractivity contribution in [2.24, 2.45) is 0 Å². The lowest BCUT2D eigenvalue weighted by Crippen LogP contribution is -2.33. The van der Waals surface area contributed by atoms with Crippen LogP contribution >= 0.6 is 11.8 Å². The number of hydrogen-bond acceptors (Lipinski definition) is 6. The van der Waals surface area contributed by atoms with E-state index in [4.69, 9.17) is 9.47 Å². The average Bonchev–Trinajstić information content (AvgIpc) is 3.15. The van der Waals surface area contributed by atoms with Crippen molar-refractivity contribution >= 4 is 17.7 Å². The van der Waals surface area contributed by atoms with Gasteiger partial charge >= 0.3 is 11.7 Å². The lowest BCUT2D eigenvalue weighted by molar-refractivity contribution is -0.149. The number of esters is 1. The third kappa shape index (κ3) is 10.0. The summed E-state index contributed by atoms with van der Waals surface area (Å²) < 4.78 is 26.3. The molecule has 0 saturated carbocycles. The van der Waals surface area contributed by atoms with E-state index in [9.17, 15) is 18.8 Å². The first-order chi connectivity index (χ1) is 15.9. The van der Waals surface area contributed by atoms with Gasteiger partial charge in [-0.25, -0.2) is 9.18 Å². The summed E-state index contributed by atoms with van der Waals surface area (Å²) in [6.45, 7) is 3.58. The number of hydrogen-bond donors (Lipinski definition) is 1. The third-order valence-corrected chi connectivity index (χ3v) is 6.89. The zero-order chi connectivity index (χ0) is 24.1. The Hall–Kier alpha value is -1.61. The standard InChI is InChI=1S/C24H39FN2O5S/c1-3-33-14-12-10-8-6-4-5-7-9-11-13-22(28)31-17-20-19(25)15-21(32-20)27-16-18(2)23(29)26-24(27)30/h16,19-21H,3-15,17H2,1-2H3,(H,26,29,30)/t19-,20+,21+/m0/s1. The minimum absolute atomic E-state index is 0.0364. The first-order valence-corrected chi connectivity index (χ1v) is 13.4. The van der Waals surface area contributed by atoms with Gasteiger partial charge in [-0.2, -0.15) is 11.8 Å². The lowest BCUT2D eigenvalue weighted by atomic mass is 10.1. The molecule has 1 saturated heterocycles. The van der Waals surface area contributed by atoms with Gasteiger partial charge < -0.3 is 9.47 Å². The number of nitrogens with zero attached hydrogens (tertiary/aromatic N) is 1. The summed E-state index contributed by atoms with van der Waals surface area (Å²) in [5.41, 5.74) is -0.787. The predicted molar refractivity (Wildman–Crippen MR) is 130 cm³/mol. The normalized spacial score (nSPS) is 20.3. The number of unbranched alkanes of at least 4 members (excludes halogenated alkanes) is 8. The summed E-state index contributed by atoms with van der Waals surface area (Å²) in [6.07, 6.45) is 9.11. The predicted octanol–water partition coefficient (Wildman–Crippen LogP) is 4.67. The van der Waals surface area contributed by atoms with Gasteiger partial charge in [0, 0.05) is 24.6 Å². The quantitative estimate of drug-likeness (QED) is 0.270. The molecule has 1 aromatic heterocycles. The minimum Gasteiger partial charge on any atom is -0.463 e. The van der Waals surface area contributed by atoms with Gasteiger partial charge in [0.15, 0.2) is 0 Å². The van der Waals surface area contributed by atoms with Gasteiger partial charge in [0.05, 0.1) is 0 Å². The summed E-state index contributed by atoms with van der Waals surface area (Å²) in [5.74, 6) is 2.14. The molecule has 0 bridgehead atoms. The molecule has 1 aliphatic rings. The van der Waals surface area contributed by atoms with Crippen LogP contribution in [0.5, 0.6) is 0 Å². The second kappa shape index (κ2) is 15.3. The van der Waals surface area contributed by atoms with Crippen LogP contribution in [-0.4, -0.2) is 45.9 Å². The zero-order valence-corrected chi connectivity index (χ0v) is 20.8. The topological polar surface area (TPSA) is 90.4 Å². The number of H-pyrrole nitrogens is 1. The molecular formula is C24H39FN2O5S. The fourth-order valence-corrected chi connectivity index (χ4v) is 4.61. The molecule has 188 valence electrons. The van der Waals surface area contributed by atoms with Gasteiger partial charge in [-0.15, -0.1) is 0 Å². The van der Waals surface area contributed by atoms with Crippen LogP contribution in [-0.2, 0) is 14.3 Å². The molecule has 0 amide bonds. The minimum atomic E-state index is -1.35. The van der Waals surface area contributed by atoms with Crippen molar-refractivity contribution in [2.45, 2.75) is 103 Å². The largest absolute Gasteiger partial charge is 0.463 e. The number of halogens is 1. The molecule has 7 nitrogen and oxygen atoms in total. The van der Waals surface area contributed by atoms with Gasteiger partial charge in [0.2, 0.25) is 0 Å². The number of rotatable bonds is 16. The molecule has 3 atom stereocenters. The van der Waals surface area contributed by atoms with E-state index in [2.05, 4.69) is 11.9 Å². The maximum Gasteiger partial charge on any atom is 0.330 e. The molecule has 2 rings (SSSR count). The number of aryl methyl sites for hydroxylation is 1. The van der Waals surface area contributed by atoms with Crippen LogP contribution in [0.1, 0.15) is 89.3 Å². The summed E-state index contributed by atoms with van der Waals surface area (Å²) in [5, 5.41) is 0. The van der Waals surface area contributed by atoms with Crippen LogP contribution in [0.3, 0.4) is 0 Å². The highest BCUT2D eigenvalue weighted by Gasteiger charge is 2.37. The molecule has 1 N–H and O–H groups in total.